The van der Waals surface area contributed by atoms with Gasteiger partial charge in [0, 0.05) is 30.3 Å². The summed E-state index contributed by atoms with van der Waals surface area (Å²) in [5, 5.41) is 12.7. The molecule has 1 aliphatic heterocycles. The highest BCUT2D eigenvalue weighted by Crippen LogP contribution is 2.43. The molecule has 0 bridgehead atoms. The molecular formula is C26H34F2N2O4. The fourth-order valence-electron chi connectivity index (χ4n) is 4.15. The van der Waals surface area contributed by atoms with E-state index in [1.807, 2.05) is 32.0 Å². The molecule has 2 aromatic carbocycles. The quantitative estimate of drug-likeness (QED) is 0.401. The lowest BCUT2D eigenvalue weighted by Gasteiger charge is -2.32. The number of aliphatic carboxylic acids is 1. The topological polar surface area (TPSA) is 71.0 Å². The van der Waals surface area contributed by atoms with Gasteiger partial charge < -0.3 is 24.8 Å². The largest absolute Gasteiger partial charge is 0.586 e. The third-order valence-electron chi connectivity index (χ3n) is 5.56. The molecular weight excluding hydrogens is 442 g/mol. The number of hydrogen-bond acceptors (Lipinski definition) is 5. The van der Waals surface area contributed by atoms with Gasteiger partial charge in [-0.3, -0.25) is 4.79 Å². The Morgan fingerprint density at radius 2 is 1.65 bits per heavy atom. The molecule has 0 aliphatic carbocycles. The maximum Gasteiger partial charge on any atom is 0.586 e. The zero-order chi connectivity index (χ0) is 25.3. The lowest BCUT2D eigenvalue weighted by atomic mass is 9.81. The molecule has 6 nitrogen and oxygen atoms in total. The van der Waals surface area contributed by atoms with E-state index < -0.39 is 17.7 Å². The maximum atomic E-state index is 13.5. The molecule has 0 aromatic heterocycles. The molecule has 0 spiro atoms. The highest BCUT2D eigenvalue weighted by Gasteiger charge is 2.43. The SMILES string of the molecule is CC(C)CN(CC(C)C)c1ccc(C(C)(C)CC(=O)O)cc1Nc1ccc2c(c1)OC(F)(F)O2. The molecule has 0 radical (unpaired) electrons. The number of fused-ring (bicyclic) bond motifs is 1. The molecule has 3 rings (SSSR count). The number of carboxylic acids is 1. The number of benzene rings is 2. The Bertz CT molecular complexity index is 1030. The number of nitrogens with zero attached hydrogens (tertiary/aromatic N) is 1. The second-order valence-corrected chi connectivity index (χ2v) is 10.3. The first-order valence-corrected chi connectivity index (χ1v) is 11.5. The van der Waals surface area contributed by atoms with Crippen LogP contribution in [0.4, 0.5) is 25.8 Å². The Kier molecular flexibility index (Phi) is 7.29. The second-order valence-electron chi connectivity index (χ2n) is 10.3. The third-order valence-corrected chi connectivity index (χ3v) is 5.56. The van der Waals surface area contributed by atoms with E-state index in [1.54, 1.807) is 6.07 Å². The minimum absolute atomic E-state index is 0.0200. The first-order chi connectivity index (χ1) is 15.8. The number of anilines is 3. The normalized spacial score (nSPS) is 14.5. The van der Waals surface area contributed by atoms with Gasteiger partial charge in [-0.25, -0.2) is 0 Å². The van der Waals surface area contributed by atoms with Crippen molar-refractivity contribution in [3.05, 3.63) is 42.0 Å². The van der Waals surface area contributed by atoms with Crippen molar-refractivity contribution in [2.45, 2.75) is 59.7 Å². The van der Waals surface area contributed by atoms with Crippen LogP contribution in [-0.2, 0) is 10.2 Å². The standard InChI is InChI=1S/C26H34F2N2O4/c1-16(2)14-30(15-17(3)4)21-9-7-18(25(5,6)13-24(31)32)11-20(21)29-19-8-10-22-23(12-19)34-26(27,28)33-22/h7-12,16-17,29H,13-15H2,1-6H3,(H,31,32). The minimum Gasteiger partial charge on any atom is -0.481 e. The van der Waals surface area contributed by atoms with Gasteiger partial charge in [-0.1, -0.05) is 47.6 Å². The molecule has 1 heterocycles. The number of alkyl halides is 2. The van der Waals surface area contributed by atoms with Gasteiger partial charge in [0.05, 0.1) is 17.8 Å². The van der Waals surface area contributed by atoms with Crippen molar-refractivity contribution in [1.82, 2.24) is 0 Å². The van der Waals surface area contributed by atoms with Crippen LogP contribution in [0, 0.1) is 11.8 Å². The van der Waals surface area contributed by atoms with E-state index in [1.165, 1.54) is 12.1 Å². The van der Waals surface area contributed by atoms with Crippen molar-refractivity contribution < 1.29 is 28.2 Å². The van der Waals surface area contributed by atoms with E-state index in [9.17, 15) is 18.7 Å². The molecule has 0 saturated carbocycles. The summed E-state index contributed by atoms with van der Waals surface area (Å²) >= 11 is 0. The smallest absolute Gasteiger partial charge is 0.481 e. The molecule has 0 fully saturated rings. The van der Waals surface area contributed by atoms with Crippen molar-refractivity contribution in [2.75, 3.05) is 23.3 Å². The van der Waals surface area contributed by atoms with Crippen molar-refractivity contribution in [1.29, 1.82) is 0 Å². The van der Waals surface area contributed by atoms with Gasteiger partial charge in [-0.15, -0.1) is 8.78 Å². The van der Waals surface area contributed by atoms with Crippen LogP contribution in [0.1, 0.15) is 53.5 Å². The highest BCUT2D eigenvalue weighted by atomic mass is 19.3. The van der Waals surface area contributed by atoms with Crippen LogP contribution in [0.25, 0.3) is 0 Å². The fraction of sp³-hybridized carbons (Fsp3) is 0.500. The summed E-state index contributed by atoms with van der Waals surface area (Å²) in [6.07, 6.45) is -3.70. The number of hydrogen-bond donors (Lipinski definition) is 2. The number of ether oxygens (including phenoxy) is 2. The number of halogens is 2. The van der Waals surface area contributed by atoms with E-state index >= 15 is 0 Å². The van der Waals surface area contributed by atoms with Crippen molar-refractivity contribution in [3.63, 3.8) is 0 Å². The van der Waals surface area contributed by atoms with Crippen LogP contribution < -0.4 is 19.7 Å². The van der Waals surface area contributed by atoms with Crippen LogP contribution >= 0.6 is 0 Å². The molecule has 2 N–H and O–H groups in total. The van der Waals surface area contributed by atoms with Crippen LogP contribution in [0.15, 0.2) is 36.4 Å². The molecule has 0 unspecified atom stereocenters. The van der Waals surface area contributed by atoms with Crippen molar-refractivity contribution >= 4 is 23.0 Å². The molecule has 2 aromatic rings. The second kappa shape index (κ2) is 9.68. The van der Waals surface area contributed by atoms with Gasteiger partial charge in [0.2, 0.25) is 0 Å². The first-order valence-electron chi connectivity index (χ1n) is 11.5. The zero-order valence-electron chi connectivity index (χ0n) is 20.6. The van der Waals surface area contributed by atoms with Crippen molar-refractivity contribution in [3.8, 4) is 11.5 Å². The fourth-order valence-corrected chi connectivity index (χ4v) is 4.15. The van der Waals surface area contributed by atoms with Crippen LogP contribution in [0.2, 0.25) is 0 Å². The summed E-state index contributed by atoms with van der Waals surface area (Å²) in [7, 11) is 0. The molecule has 186 valence electrons. The van der Waals surface area contributed by atoms with Gasteiger partial charge in [-0.2, -0.15) is 0 Å². The Balaban J connectivity index is 2.04. The first kappa shape index (κ1) is 25.6. The number of carboxylic acid groups (broad SMARTS) is 1. The molecule has 0 saturated heterocycles. The third kappa shape index (κ3) is 6.30. The Morgan fingerprint density at radius 3 is 2.24 bits per heavy atom. The molecule has 34 heavy (non-hydrogen) atoms. The number of carbonyl (C=O) groups is 1. The van der Waals surface area contributed by atoms with Gasteiger partial charge in [0.1, 0.15) is 0 Å². The lowest BCUT2D eigenvalue weighted by molar-refractivity contribution is -0.286. The van der Waals surface area contributed by atoms with E-state index in [4.69, 9.17) is 0 Å². The van der Waals surface area contributed by atoms with E-state index in [-0.39, 0.29) is 17.9 Å². The van der Waals surface area contributed by atoms with Gasteiger partial charge in [0.25, 0.3) is 0 Å². The van der Waals surface area contributed by atoms with Crippen LogP contribution in [-0.4, -0.2) is 30.5 Å². The zero-order valence-corrected chi connectivity index (χ0v) is 20.6. The summed E-state index contributed by atoms with van der Waals surface area (Å²) in [6, 6.07) is 10.5. The van der Waals surface area contributed by atoms with Crippen molar-refractivity contribution in [2.24, 2.45) is 11.8 Å². The van der Waals surface area contributed by atoms with Gasteiger partial charge in [0.15, 0.2) is 11.5 Å². The predicted molar refractivity (Wildman–Crippen MR) is 130 cm³/mol. The van der Waals surface area contributed by atoms with Crippen LogP contribution in [0.5, 0.6) is 11.5 Å². The summed E-state index contributed by atoms with van der Waals surface area (Å²) in [5.41, 5.74) is 2.55. The predicted octanol–water partition coefficient (Wildman–Crippen LogP) is 6.62. The van der Waals surface area contributed by atoms with E-state index in [0.717, 1.165) is 30.0 Å². The Morgan fingerprint density at radius 1 is 1.03 bits per heavy atom. The summed E-state index contributed by atoms with van der Waals surface area (Å²) < 4.78 is 36.1. The Labute approximate surface area is 199 Å². The summed E-state index contributed by atoms with van der Waals surface area (Å²) in [4.78, 5) is 13.7. The van der Waals surface area contributed by atoms with E-state index in [0.29, 0.717) is 17.5 Å². The molecule has 8 heteroatoms. The molecule has 1 aliphatic rings. The summed E-state index contributed by atoms with van der Waals surface area (Å²) in [6.45, 7) is 14.1. The average molecular weight is 477 g/mol. The number of nitrogens with one attached hydrogen (secondary N) is 1. The highest BCUT2D eigenvalue weighted by molar-refractivity contribution is 5.78. The van der Waals surface area contributed by atoms with Gasteiger partial charge >= 0.3 is 12.3 Å². The average Bonchev–Trinajstić information content (AvgIpc) is 2.98. The number of rotatable bonds is 10. The molecule has 0 amide bonds. The van der Waals surface area contributed by atoms with E-state index in [2.05, 4.69) is 47.4 Å². The summed E-state index contributed by atoms with van der Waals surface area (Å²) in [5.74, 6) is -0.0972. The Hall–Kier alpha value is -3.03. The lowest BCUT2D eigenvalue weighted by Crippen LogP contribution is -2.32. The maximum absolute atomic E-state index is 13.5. The van der Waals surface area contributed by atoms with Crippen LogP contribution in [0.3, 0.4) is 0 Å². The molecule has 0 atom stereocenters. The van der Waals surface area contributed by atoms with Gasteiger partial charge in [-0.05, 0) is 41.7 Å². The minimum atomic E-state index is -3.68. The monoisotopic (exact) mass is 476 g/mol.